The zero-order valence-electron chi connectivity index (χ0n) is 16.7. The lowest BCUT2D eigenvalue weighted by Gasteiger charge is -2.21. The molecular formula is C22H30ClN5O. The van der Waals surface area contributed by atoms with E-state index in [1.807, 2.05) is 36.4 Å². The summed E-state index contributed by atoms with van der Waals surface area (Å²) in [4.78, 5) is 2.40. The molecule has 6 N–H and O–H groups in total. The average Bonchev–Trinajstić information content (AvgIpc) is 3.28. The molecule has 0 bridgehead atoms. The van der Waals surface area contributed by atoms with Gasteiger partial charge in [0.25, 0.3) is 0 Å². The Kier molecular flexibility index (Phi) is 7.75. The van der Waals surface area contributed by atoms with E-state index >= 15 is 0 Å². The summed E-state index contributed by atoms with van der Waals surface area (Å²) >= 11 is 6.71. The Hall–Kier alpha value is -2.28. The normalized spacial score (nSPS) is 19.3. The fraction of sp³-hybridized carbons (Fsp3) is 0.409. The number of hydrogen-bond acceptors (Lipinski definition) is 6. The van der Waals surface area contributed by atoms with Crippen LogP contribution in [0.2, 0.25) is 0 Å². The maximum atomic E-state index is 8.77. The van der Waals surface area contributed by atoms with Crippen LogP contribution in [0.15, 0.2) is 58.4 Å². The molecule has 0 aliphatic carbocycles. The molecule has 29 heavy (non-hydrogen) atoms. The molecular weight excluding hydrogens is 386 g/mol. The lowest BCUT2D eigenvalue weighted by Crippen LogP contribution is -2.33. The average molecular weight is 416 g/mol. The van der Waals surface area contributed by atoms with Crippen LogP contribution in [0.1, 0.15) is 24.8 Å². The molecule has 0 saturated carbocycles. The van der Waals surface area contributed by atoms with Crippen LogP contribution in [-0.4, -0.2) is 50.0 Å². The summed E-state index contributed by atoms with van der Waals surface area (Å²) in [6, 6.07) is 9.51. The molecule has 6 nitrogen and oxygen atoms in total. The fourth-order valence-electron chi connectivity index (χ4n) is 3.60. The van der Waals surface area contributed by atoms with Crippen LogP contribution in [0.25, 0.3) is 5.70 Å². The van der Waals surface area contributed by atoms with Crippen molar-refractivity contribution in [2.24, 2.45) is 11.5 Å². The van der Waals surface area contributed by atoms with Gasteiger partial charge in [-0.1, -0.05) is 48.0 Å². The maximum Gasteiger partial charge on any atom is 0.107 e. The Morgan fingerprint density at radius 1 is 1.17 bits per heavy atom. The van der Waals surface area contributed by atoms with Gasteiger partial charge in [-0.15, -0.1) is 0 Å². The summed E-state index contributed by atoms with van der Waals surface area (Å²) in [6.45, 7) is 4.93. The molecule has 2 aliphatic rings. The van der Waals surface area contributed by atoms with Gasteiger partial charge >= 0.3 is 0 Å². The van der Waals surface area contributed by atoms with E-state index in [1.165, 1.54) is 12.8 Å². The summed E-state index contributed by atoms with van der Waals surface area (Å²) in [7, 11) is 0. The minimum atomic E-state index is 0.291. The van der Waals surface area contributed by atoms with E-state index in [0.29, 0.717) is 54.0 Å². The Balaban J connectivity index is 1.87. The number of ether oxygens (including phenoxy) is 1. The maximum absolute atomic E-state index is 8.77. The topological polar surface area (TPSA) is 100 Å². The number of halogens is 1. The van der Waals surface area contributed by atoms with Crippen molar-refractivity contribution in [1.29, 1.82) is 5.41 Å². The first kappa shape index (κ1) is 21.4. The molecule has 1 aromatic carbocycles. The van der Waals surface area contributed by atoms with E-state index in [2.05, 4.69) is 10.2 Å². The number of nitrogens with two attached hydrogens (primary N) is 2. The lowest BCUT2D eigenvalue weighted by atomic mass is 9.96. The second kappa shape index (κ2) is 10.5. The number of nitrogens with one attached hydrogen (secondary N) is 2. The van der Waals surface area contributed by atoms with E-state index in [0.717, 1.165) is 30.8 Å². The van der Waals surface area contributed by atoms with Crippen molar-refractivity contribution in [3.63, 3.8) is 0 Å². The molecule has 0 unspecified atom stereocenters. The number of allylic oxidation sites excluding steroid dienone is 2. The molecule has 0 amide bonds. The third-order valence-electron chi connectivity index (χ3n) is 5.29. The van der Waals surface area contributed by atoms with Crippen LogP contribution in [-0.2, 0) is 4.74 Å². The lowest BCUT2D eigenvalue weighted by molar-refractivity contribution is 0.156. The molecule has 0 atom stereocenters. The summed E-state index contributed by atoms with van der Waals surface area (Å²) in [6.07, 6.45) is 5.06. The molecule has 1 fully saturated rings. The summed E-state index contributed by atoms with van der Waals surface area (Å²) < 4.78 is 5.38. The van der Waals surface area contributed by atoms with E-state index in [1.54, 1.807) is 0 Å². The second-order valence-corrected chi connectivity index (χ2v) is 7.67. The van der Waals surface area contributed by atoms with Crippen LogP contribution in [0.5, 0.6) is 0 Å². The third kappa shape index (κ3) is 5.63. The van der Waals surface area contributed by atoms with Crippen molar-refractivity contribution in [3.8, 4) is 0 Å². The van der Waals surface area contributed by atoms with Crippen LogP contribution in [0.3, 0.4) is 0 Å². The smallest absolute Gasteiger partial charge is 0.107 e. The van der Waals surface area contributed by atoms with Gasteiger partial charge in [-0.3, -0.25) is 5.41 Å². The van der Waals surface area contributed by atoms with Gasteiger partial charge < -0.3 is 26.4 Å². The molecule has 7 heteroatoms. The fourth-order valence-corrected chi connectivity index (χ4v) is 3.91. The number of rotatable bonds is 8. The van der Waals surface area contributed by atoms with Crippen molar-refractivity contribution in [3.05, 3.63) is 64.0 Å². The zero-order chi connectivity index (χ0) is 20.6. The predicted octanol–water partition coefficient (Wildman–Crippen LogP) is 2.77. The van der Waals surface area contributed by atoms with Crippen LogP contribution < -0.4 is 16.8 Å². The Labute approximate surface area is 177 Å². The van der Waals surface area contributed by atoms with Crippen molar-refractivity contribution < 1.29 is 4.74 Å². The summed E-state index contributed by atoms with van der Waals surface area (Å²) in [5, 5.41) is 12.3. The van der Waals surface area contributed by atoms with E-state index in [-0.39, 0.29) is 0 Å². The molecule has 2 aliphatic heterocycles. The minimum absolute atomic E-state index is 0.291. The largest absolute Gasteiger partial charge is 0.397 e. The Morgan fingerprint density at radius 2 is 1.90 bits per heavy atom. The monoisotopic (exact) mass is 415 g/mol. The van der Waals surface area contributed by atoms with Crippen molar-refractivity contribution in [1.82, 2.24) is 10.2 Å². The number of likely N-dealkylation sites (tertiary alicyclic amines) is 1. The molecule has 1 aromatic rings. The highest BCUT2D eigenvalue weighted by Gasteiger charge is 2.22. The Bertz CT molecular complexity index is 810. The first-order chi connectivity index (χ1) is 14.1. The molecule has 3 rings (SSSR count). The SMILES string of the molecule is N=C(C1=CCOCC1)C(=C(/N)NCCN1CCCC1)/C(Cl)=C(\N)c1ccccc1. The van der Waals surface area contributed by atoms with Gasteiger partial charge in [0.1, 0.15) is 5.82 Å². The molecule has 0 radical (unpaired) electrons. The second-order valence-electron chi connectivity index (χ2n) is 7.29. The van der Waals surface area contributed by atoms with Gasteiger partial charge in [0.15, 0.2) is 0 Å². The van der Waals surface area contributed by atoms with E-state index in [4.69, 9.17) is 33.2 Å². The number of hydrogen-bond donors (Lipinski definition) is 4. The first-order valence-corrected chi connectivity index (χ1v) is 10.5. The van der Waals surface area contributed by atoms with E-state index < -0.39 is 0 Å². The molecule has 0 aromatic heterocycles. The Morgan fingerprint density at radius 3 is 2.55 bits per heavy atom. The van der Waals surface area contributed by atoms with Crippen LogP contribution in [0.4, 0.5) is 0 Å². The highest BCUT2D eigenvalue weighted by Crippen LogP contribution is 2.28. The molecule has 2 heterocycles. The standard InChI is InChI=1S/C22H30ClN5O/c23-19(21(25)16-6-2-1-3-7-16)18(20(24)17-8-14-29-15-9-17)22(26)27-10-13-28-11-4-5-12-28/h1-3,6-8,24,27H,4-5,9-15,25-26H2/b21-19+,22-18-,24-20?. The number of benzene rings is 1. The van der Waals surface area contributed by atoms with Gasteiger partial charge in [-0.25, -0.2) is 0 Å². The van der Waals surface area contributed by atoms with Crippen LogP contribution >= 0.6 is 11.6 Å². The van der Waals surface area contributed by atoms with Crippen molar-refractivity contribution >= 4 is 23.0 Å². The molecule has 156 valence electrons. The molecule has 0 spiro atoms. The summed E-state index contributed by atoms with van der Waals surface area (Å²) in [5.74, 6) is 0.380. The van der Waals surface area contributed by atoms with Gasteiger partial charge in [0.2, 0.25) is 0 Å². The number of nitrogens with zero attached hydrogens (tertiary/aromatic N) is 1. The first-order valence-electron chi connectivity index (χ1n) is 10.1. The highest BCUT2D eigenvalue weighted by atomic mass is 35.5. The van der Waals surface area contributed by atoms with Crippen molar-refractivity contribution in [2.75, 3.05) is 39.4 Å². The van der Waals surface area contributed by atoms with E-state index in [9.17, 15) is 0 Å². The summed E-state index contributed by atoms with van der Waals surface area (Å²) in [5.41, 5.74) is 15.6. The predicted molar refractivity (Wildman–Crippen MR) is 120 cm³/mol. The van der Waals surface area contributed by atoms with Gasteiger partial charge in [0.05, 0.1) is 35.2 Å². The van der Waals surface area contributed by atoms with Gasteiger partial charge in [0, 0.05) is 13.1 Å². The molecule has 1 saturated heterocycles. The van der Waals surface area contributed by atoms with Crippen LogP contribution in [0, 0.1) is 5.41 Å². The van der Waals surface area contributed by atoms with Gasteiger partial charge in [-0.2, -0.15) is 0 Å². The highest BCUT2D eigenvalue weighted by molar-refractivity contribution is 6.39. The minimum Gasteiger partial charge on any atom is -0.397 e. The van der Waals surface area contributed by atoms with Gasteiger partial charge in [-0.05, 0) is 43.5 Å². The quantitative estimate of drug-likeness (QED) is 0.386. The zero-order valence-corrected chi connectivity index (χ0v) is 17.5. The van der Waals surface area contributed by atoms with Crippen molar-refractivity contribution in [2.45, 2.75) is 19.3 Å². The third-order valence-corrected chi connectivity index (χ3v) is 5.68.